The van der Waals surface area contributed by atoms with Gasteiger partial charge in [0.15, 0.2) is 11.6 Å². The molecular weight excluding hydrogens is 502 g/mol. The molecular formula is C31H32F2N2O4. The lowest BCUT2D eigenvalue weighted by Crippen LogP contribution is -2.45. The van der Waals surface area contributed by atoms with Crippen LogP contribution in [0.5, 0.6) is 5.75 Å². The van der Waals surface area contributed by atoms with Crippen molar-refractivity contribution in [3.8, 4) is 16.9 Å². The van der Waals surface area contributed by atoms with E-state index in [9.17, 15) is 18.4 Å². The highest BCUT2D eigenvalue weighted by molar-refractivity contribution is 6.03. The lowest BCUT2D eigenvalue weighted by molar-refractivity contribution is -0.138. The second-order valence-corrected chi connectivity index (χ2v) is 10.4. The van der Waals surface area contributed by atoms with Gasteiger partial charge in [0.05, 0.1) is 12.2 Å². The van der Waals surface area contributed by atoms with Crippen molar-refractivity contribution in [2.45, 2.75) is 57.5 Å². The molecule has 5 rings (SSSR count). The third-order valence-corrected chi connectivity index (χ3v) is 7.83. The van der Waals surface area contributed by atoms with Crippen LogP contribution in [0.25, 0.3) is 11.1 Å². The van der Waals surface area contributed by atoms with Gasteiger partial charge < -0.3 is 15.2 Å². The van der Waals surface area contributed by atoms with Crippen LogP contribution in [0.15, 0.2) is 60.7 Å². The standard InChI is InChI=1S/C31H32F2N2O4/c1-2-25-18-35(31(38)34-24-12-13-26(32)27(33)17-24)28-14-11-23(16-29(28)39-25)22-9-7-21(8-10-22)20-5-3-19(4-6-20)15-30(36)37/h7-14,16-17,19-20,25H,2-6,15,18H2,1H3,(H,34,38)(H,36,37)/t19-,20-,25?. The fourth-order valence-electron chi connectivity index (χ4n) is 5.59. The highest BCUT2D eigenvalue weighted by atomic mass is 19.2. The van der Waals surface area contributed by atoms with Gasteiger partial charge >= 0.3 is 12.0 Å². The molecule has 3 aromatic rings. The summed E-state index contributed by atoms with van der Waals surface area (Å²) in [6, 6.07) is 17.0. The largest absolute Gasteiger partial charge is 0.486 e. The Bertz CT molecular complexity index is 1350. The van der Waals surface area contributed by atoms with Crippen molar-refractivity contribution in [2.75, 3.05) is 16.8 Å². The first-order valence-corrected chi connectivity index (χ1v) is 13.5. The number of rotatable bonds is 6. The molecule has 6 nitrogen and oxygen atoms in total. The van der Waals surface area contributed by atoms with Crippen molar-refractivity contribution in [3.05, 3.63) is 77.9 Å². The topological polar surface area (TPSA) is 78.9 Å². The number of amides is 2. The maximum absolute atomic E-state index is 13.6. The normalized spacial score (nSPS) is 20.6. The number of urea groups is 1. The number of carboxylic acids is 1. The zero-order valence-electron chi connectivity index (χ0n) is 21.8. The third-order valence-electron chi connectivity index (χ3n) is 7.83. The molecule has 1 unspecified atom stereocenters. The first-order valence-electron chi connectivity index (χ1n) is 13.5. The Morgan fingerprint density at radius 1 is 0.949 bits per heavy atom. The zero-order chi connectivity index (χ0) is 27.5. The summed E-state index contributed by atoms with van der Waals surface area (Å²) in [4.78, 5) is 25.7. The Hall–Kier alpha value is -3.94. The quantitative estimate of drug-likeness (QED) is 0.342. The Labute approximate surface area is 226 Å². The number of nitrogens with zero attached hydrogens (tertiary/aromatic N) is 1. The van der Waals surface area contributed by atoms with Crippen molar-refractivity contribution >= 4 is 23.4 Å². The van der Waals surface area contributed by atoms with E-state index in [1.165, 1.54) is 11.6 Å². The summed E-state index contributed by atoms with van der Waals surface area (Å²) in [5, 5.41) is 11.7. The molecule has 0 spiro atoms. The maximum atomic E-state index is 13.6. The SMILES string of the molecule is CCC1CN(C(=O)Nc2ccc(F)c(F)c2)c2ccc(-c3ccc([C@H]4CC[C@H](CC(=O)O)CC4)cc3)cc2O1. The lowest BCUT2D eigenvalue weighted by atomic mass is 9.77. The van der Waals surface area contributed by atoms with E-state index in [0.29, 0.717) is 30.3 Å². The number of carboxylic acid groups (broad SMARTS) is 1. The van der Waals surface area contributed by atoms with Gasteiger partial charge in [-0.25, -0.2) is 13.6 Å². The summed E-state index contributed by atoms with van der Waals surface area (Å²) in [7, 11) is 0. The first kappa shape index (κ1) is 26.7. The monoisotopic (exact) mass is 534 g/mol. The van der Waals surface area contributed by atoms with Crippen LogP contribution in [0.2, 0.25) is 0 Å². The molecule has 2 amide bonds. The average molecular weight is 535 g/mol. The van der Waals surface area contributed by atoms with E-state index in [4.69, 9.17) is 9.84 Å². The molecule has 39 heavy (non-hydrogen) atoms. The number of hydrogen-bond donors (Lipinski definition) is 2. The van der Waals surface area contributed by atoms with E-state index in [-0.39, 0.29) is 24.1 Å². The number of nitrogens with one attached hydrogen (secondary N) is 1. The molecule has 0 bridgehead atoms. The molecule has 1 heterocycles. The summed E-state index contributed by atoms with van der Waals surface area (Å²) in [5.74, 6) is -1.40. The van der Waals surface area contributed by atoms with E-state index in [1.807, 2.05) is 25.1 Å². The predicted molar refractivity (Wildman–Crippen MR) is 146 cm³/mol. The number of carbonyl (C=O) groups excluding carboxylic acids is 1. The van der Waals surface area contributed by atoms with Crippen LogP contribution in [0, 0.1) is 17.6 Å². The summed E-state index contributed by atoms with van der Waals surface area (Å²) in [6.07, 6.45) is 4.65. The summed E-state index contributed by atoms with van der Waals surface area (Å²) < 4.78 is 33.1. The average Bonchev–Trinajstić information content (AvgIpc) is 2.94. The number of hydrogen-bond acceptors (Lipinski definition) is 3. The number of carbonyl (C=O) groups is 2. The van der Waals surface area contributed by atoms with E-state index in [1.54, 1.807) is 4.90 Å². The van der Waals surface area contributed by atoms with Crippen LogP contribution < -0.4 is 15.0 Å². The van der Waals surface area contributed by atoms with E-state index in [2.05, 4.69) is 29.6 Å². The Kier molecular flexibility index (Phi) is 7.82. The Morgan fingerprint density at radius 3 is 2.33 bits per heavy atom. The fourth-order valence-corrected chi connectivity index (χ4v) is 5.59. The number of anilines is 2. The van der Waals surface area contributed by atoms with Crippen molar-refractivity contribution in [1.82, 2.24) is 0 Å². The molecule has 1 aliphatic heterocycles. The second kappa shape index (κ2) is 11.4. The molecule has 3 aromatic carbocycles. The van der Waals surface area contributed by atoms with E-state index < -0.39 is 23.6 Å². The number of halogens is 2. The molecule has 1 atom stereocenters. The van der Waals surface area contributed by atoms with E-state index in [0.717, 1.165) is 48.9 Å². The Morgan fingerprint density at radius 2 is 1.67 bits per heavy atom. The van der Waals surface area contributed by atoms with Gasteiger partial charge in [0.2, 0.25) is 0 Å². The van der Waals surface area contributed by atoms with Crippen LogP contribution in [-0.2, 0) is 4.79 Å². The Balaban J connectivity index is 1.31. The number of aliphatic carboxylic acids is 1. The summed E-state index contributed by atoms with van der Waals surface area (Å²) >= 11 is 0. The maximum Gasteiger partial charge on any atom is 0.326 e. The van der Waals surface area contributed by atoms with Crippen molar-refractivity contribution in [2.24, 2.45) is 5.92 Å². The van der Waals surface area contributed by atoms with Crippen molar-refractivity contribution in [3.63, 3.8) is 0 Å². The van der Waals surface area contributed by atoms with E-state index >= 15 is 0 Å². The van der Waals surface area contributed by atoms with Gasteiger partial charge in [0, 0.05) is 18.2 Å². The van der Waals surface area contributed by atoms with Crippen LogP contribution >= 0.6 is 0 Å². The molecule has 204 valence electrons. The van der Waals surface area contributed by atoms with Gasteiger partial charge in [-0.15, -0.1) is 0 Å². The minimum atomic E-state index is -1.02. The highest BCUT2D eigenvalue weighted by Crippen LogP contribution is 2.40. The van der Waals surface area contributed by atoms with Gasteiger partial charge in [-0.1, -0.05) is 37.3 Å². The van der Waals surface area contributed by atoms with Crippen molar-refractivity contribution in [1.29, 1.82) is 0 Å². The molecule has 1 aliphatic carbocycles. The fraction of sp³-hybridized carbons (Fsp3) is 0.355. The summed E-state index contributed by atoms with van der Waals surface area (Å²) in [5.41, 5.74) is 4.04. The molecule has 1 fully saturated rings. The van der Waals surface area contributed by atoms with Crippen LogP contribution in [-0.4, -0.2) is 29.8 Å². The molecule has 2 aliphatic rings. The molecule has 2 N–H and O–H groups in total. The first-order chi connectivity index (χ1) is 18.8. The van der Waals surface area contributed by atoms with Gasteiger partial charge in [0.1, 0.15) is 11.9 Å². The molecule has 0 radical (unpaired) electrons. The van der Waals surface area contributed by atoms with Crippen molar-refractivity contribution < 1.29 is 28.2 Å². The predicted octanol–water partition coefficient (Wildman–Crippen LogP) is 7.59. The smallest absolute Gasteiger partial charge is 0.326 e. The molecule has 8 heteroatoms. The van der Waals surface area contributed by atoms with Gasteiger partial charge in [-0.3, -0.25) is 9.69 Å². The zero-order valence-corrected chi connectivity index (χ0v) is 21.8. The van der Waals surface area contributed by atoms with Crippen LogP contribution in [0.1, 0.15) is 56.9 Å². The summed E-state index contributed by atoms with van der Waals surface area (Å²) in [6.45, 7) is 2.32. The van der Waals surface area contributed by atoms with Gasteiger partial charge in [-0.05, 0) is 84.9 Å². The minimum Gasteiger partial charge on any atom is -0.486 e. The minimum absolute atomic E-state index is 0.173. The second-order valence-electron chi connectivity index (χ2n) is 10.4. The van der Waals surface area contributed by atoms with Crippen LogP contribution in [0.4, 0.5) is 25.0 Å². The molecule has 0 aromatic heterocycles. The lowest BCUT2D eigenvalue weighted by Gasteiger charge is -2.35. The number of ether oxygens (including phenoxy) is 1. The third kappa shape index (κ3) is 6.05. The van der Waals surface area contributed by atoms with Gasteiger partial charge in [0.25, 0.3) is 0 Å². The molecule has 0 saturated heterocycles. The number of benzene rings is 3. The number of fused-ring (bicyclic) bond motifs is 1. The van der Waals surface area contributed by atoms with Crippen LogP contribution in [0.3, 0.4) is 0 Å². The van der Waals surface area contributed by atoms with Gasteiger partial charge in [-0.2, -0.15) is 0 Å². The highest BCUT2D eigenvalue weighted by Gasteiger charge is 2.30. The molecule has 1 saturated carbocycles.